The Kier molecular flexibility index (Phi) is 4.32. The topological polar surface area (TPSA) is 38.8 Å². The first-order chi connectivity index (χ1) is 11.2. The van der Waals surface area contributed by atoms with E-state index >= 15 is 0 Å². The fourth-order valence-corrected chi connectivity index (χ4v) is 5.70. The maximum absolute atomic E-state index is 12.6. The van der Waals surface area contributed by atoms with Gasteiger partial charge >= 0.3 is 0 Å². The molecule has 0 bridgehead atoms. The molecule has 2 saturated heterocycles. The molecule has 0 N–H and O–H groups in total. The van der Waals surface area contributed by atoms with E-state index < -0.39 is 0 Å². The Hall–Kier alpha value is -0.720. The summed E-state index contributed by atoms with van der Waals surface area (Å²) in [5.74, 6) is 2.76. The Morgan fingerprint density at radius 3 is 3.00 bits per heavy atom. The fourth-order valence-electron chi connectivity index (χ4n) is 3.35. The van der Waals surface area contributed by atoms with Crippen molar-refractivity contribution in [1.82, 2.24) is 4.90 Å². The molecule has 4 nitrogen and oxygen atoms in total. The van der Waals surface area contributed by atoms with E-state index in [0.29, 0.717) is 12.7 Å². The highest BCUT2D eigenvalue weighted by molar-refractivity contribution is 8.01. The van der Waals surface area contributed by atoms with Crippen molar-refractivity contribution in [3.8, 4) is 5.75 Å². The van der Waals surface area contributed by atoms with E-state index in [4.69, 9.17) is 9.47 Å². The zero-order valence-electron chi connectivity index (χ0n) is 13.5. The summed E-state index contributed by atoms with van der Waals surface area (Å²) in [5, 5.41) is 1.93. The smallest absolute Gasteiger partial charge is 0.267 e. The second-order valence-corrected chi connectivity index (χ2v) is 9.21. The summed E-state index contributed by atoms with van der Waals surface area (Å²) in [5.41, 5.74) is 0. The van der Waals surface area contributed by atoms with Crippen LogP contribution in [0.4, 0.5) is 0 Å². The zero-order valence-corrected chi connectivity index (χ0v) is 15.1. The molecule has 0 aromatic carbocycles. The van der Waals surface area contributed by atoms with Gasteiger partial charge in [0.2, 0.25) is 0 Å². The number of hydrogen-bond acceptors (Lipinski definition) is 5. The maximum Gasteiger partial charge on any atom is 0.267 e. The average Bonchev–Trinajstić information content (AvgIpc) is 3.06. The quantitative estimate of drug-likeness (QED) is 0.787. The molecule has 1 aliphatic carbocycles. The molecule has 1 unspecified atom stereocenters. The van der Waals surface area contributed by atoms with Gasteiger partial charge in [0.25, 0.3) is 5.91 Å². The second kappa shape index (κ2) is 6.30. The highest BCUT2D eigenvalue weighted by atomic mass is 32.2. The number of nitrogens with zero attached hydrogens (tertiary/aromatic N) is 1. The average molecular weight is 354 g/mol. The lowest BCUT2D eigenvalue weighted by molar-refractivity contribution is 0.0287. The van der Waals surface area contributed by atoms with Crippen molar-refractivity contribution in [3.63, 3.8) is 0 Å². The number of amides is 1. The Morgan fingerprint density at radius 2 is 2.26 bits per heavy atom. The van der Waals surface area contributed by atoms with Crippen molar-refractivity contribution in [1.29, 1.82) is 0 Å². The molecule has 0 radical (unpaired) electrons. The van der Waals surface area contributed by atoms with Crippen LogP contribution in [-0.4, -0.2) is 53.7 Å². The number of likely N-dealkylation sites (tertiary alicyclic amines) is 1. The van der Waals surface area contributed by atoms with Crippen LogP contribution >= 0.6 is 23.1 Å². The van der Waals surface area contributed by atoms with Crippen molar-refractivity contribution in [2.75, 3.05) is 32.1 Å². The summed E-state index contributed by atoms with van der Waals surface area (Å²) < 4.78 is 11.8. The van der Waals surface area contributed by atoms with Gasteiger partial charge < -0.3 is 14.4 Å². The van der Waals surface area contributed by atoms with Crippen LogP contribution < -0.4 is 4.74 Å². The third-order valence-electron chi connectivity index (χ3n) is 4.81. The van der Waals surface area contributed by atoms with E-state index in [0.717, 1.165) is 48.4 Å². The second-order valence-electron chi connectivity index (χ2n) is 6.81. The molecule has 1 saturated carbocycles. The van der Waals surface area contributed by atoms with E-state index in [1.54, 1.807) is 0 Å². The predicted molar refractivity (Wildman–Crippen MR) is 93.7 cm³/mol. The first kappa shape index (κ1) is 15.8. The van der Waals surface area contributed by atoms with Crippen LogP contribution in [-0.2, 0) is 4.74 Å². The summed E-state index contributed by atoms with van der Waals surface area (Å²) in [4.78, 5) is 15.3. The van der Waals surface area contributed by atoms with Crippen LogP contribution in [0, 0.1) is 5.92 Å². The van der Waals surface area contributed by atoms with Gasteiger partial charge in [0.1, 0.15) is 10.6 Å². The van der Waals surface area contributed by atoms with Crippen LogP contribution in [0.1, 0.15) is 35.9 Å². The minimum Gasteiger partial charge on any atom is -0.492 e. The standard InChI is InChI=1S/C17H23NO3S2/c1-2-20-14-5-6-22-15(14)16(19)18-10-17(11-18)7-13(9-23-17)21-8-12-3-4-12/h5-6,12-13H,2-4,7-11H2,1H3. The molecule has 4 rings (SSSR count). The predicted octanol–water partition coefficient (Wildman–Crippen LogP) is 3.27. The number of thiophene rings is 1. The Bertz CT molecular complexity index is 578. The van der Waals surface area contributed by atoms with E-state index in [-0.39, 0.29) is 10.7 Å². The van der Waals surface area contributed by atoms with Gasteiger partial charge in [-0.1, -0.05) is 0 Å². The maximum atomic E-state index is 12.6. The molecule has 126 valence electrons. The number of rotatable bonds is 6. The van der Waals surface area contributed by atoms with Gasteiger partial charge in [-0.2, -0.15) is 0 Å². The highest BCUT2D eigenvalue weighted by Gasteiger charge is 2.51. The molecule has 1 aromatic heterocycles. The Balaban J connectivity index is 1.30. The first-order valence-corrected chi connectivity index (χ1v) is 10.3. The minimum absolute atomic E-state index is 0.122. The molecule has 2 aliphatic heterocycles. The van der Waals surface area contributed by atoms with Gasteiger partial charge in [0, 0.05) is 25.4 Å². The molecule has 3 aliphatic rings. The van der Waals surface area contributed by atoms with E-state index in [1.165, 1.54) is 24.2 Å². The van der Waals surface area contributed by atoms with Crippen LogP contribution in [0.2, 0.25) is 0 Å². The lowest BCUT2D eigenvalue weighted by atomic mass is 9.92. The minimum atomic E-state index is 0.122. The number of carbonyl (C=O) groups excluding carboxylic acids is 1. The van der Waals surface area contributed by atoms with Crippen molar-refractivity contribution >= 4 is 29.0 Å². The van der Waals surface area contributed by atoms with Crippen molar-refractivity contribution in [3.05, 3.63) is 16.3 Å². The third-order valence-corrected chi connectivity index (χ3v) is 7.27. The van der Waals surface area contributed by atoms with Crippen LogP contribution in [0.25, 0.3) is 0 Å². The monoisotopic (exact) mass is 353 g/mol. The molecular formula is C17H23NO3S2. The Morgan fingerprint density at radius 1 is 1.43 bits per heavy atom. The number of ether oxygens (including phenoxy) is 2. The number of carbonyl (C=O) groups is 1. The summed E-state index contributed by atoms with van der Waals surface area (Å²) in [6.07, 6.45) is 4.17. The molecule has 6 heteroatoms. The van der Waals surface area contributed by atoms with Gasteiger partial charge in [-0.25, -0.2) is 0 Å². The van der Waals surface area contributed by atoms with Crippen molar-refractivity contribution in [2.45, 2.75) is 37.0 Å². The van der Waals surface area contributed by atoms with Crippen molar-refractivity contribution in [2.24, 2.45) is 5.92 Å². The summed E-state index contributed by atoms with van der Waals surface area (Å²) in [6, 6.07) is 1.89. The molecule has 3 heterocycles. The van der Waals surface area contributed by atoms with Crippen LogP contribution in [0.15, 0.2) is 11.4 Å². The van der Waals surface area contributed by atoms with Crippen molar-refractivity contribution < 1.29 is 14.3 Å². The normalized spacial score (nSPS) is 25.6. The lowest BCUT2D eigenvalue weighted by Crippen LogP contribution is -2.60. The highest BCUT2D eigenvalue weighted by Crippen LogP contribution is 2.47. The summed E-state index contributed by atoms with van der Waals surface area (Å²) in [6.45, 7) is 5.18. The summed E-state index contributed by atoms with van der Waals surface area (Å²) >= 11 is 3.48. The first-order valence-electron chi connectivity index (χ1n) is 8.44. The van der Waals surface area contributed by atoms with Gasteiger partial charge in [-0.3, -0.25) is 4.79 Å². The van der Waals surface area contributed by atoms with Gasteiger partial charge in [-0.15, -0.1) is 23.1 Å². The molecule has 3 fully saturated rings. The van der Waals surface area contributed by atoms with Crippen LogP contribution in [0.5, 0.6) is 5.75 Å². The fraction of sp³-hybridized carbons (Fsp3) is 0.706. The van der Waals surface area contributed by atoms with E-state index in [2.05, 4.69) is 0 Å². The van der Waals surface area contributed by atoms with Gasteiger partial charge in [-0.05, 0) is 43.6 Å². The molecule has 23 heavy (non-hydrogen) atoms. The molecule has 1 amide bonds. The largest absolute Gasteiger partial charge is 0.492 e. The van der Waals surface area contributed by atoms with Gasteiger partial charge in [0.15, 0.2) is 0 Å². The van der Waals surface area contributed by atoms with Crippen LogP contribution in [0.3, 0.4) is 0 Å². The number of hydrogen-bond donors (Lipinski definition) is 0. The van der Waals surface area contributed by atoms with E-state index in [9.17, 15) is 4.79 Å². The molecule has 1 atom stereocenters. The summed E-state index contributed by atoms with van der Waals surface area (Å²) in [7, 11) is 0. The van der Waals surface area contributed by atoms with E-state index in [1.807, 2.05) is 35.0 Å². The zero-order chi connectivity index (χ0) is 15.9. The lowest BCUT2D eigenvalue weighted by Gasteiger charge is -2.47. The number of thioether (sulfide) groups is 1. The third kappa shape index (κ3) is 3.26. The molecule has 1 aromatic rings. The van der Waals surface area contributed by atoms with Gasteiger partial charge in [0.05, 0.1) is 17.5 Å². The SMILES string of the molecule is CCOc1ccsc1C(=O)N1CC2(CC(OCC3CC3)CS2)C1. The Labute approximate surface area is 145 Å². The molecular weight excluding hydrogens is 330 g/mol. The molecule has 1 spiro atoms.